The Hall–Kier alpha value is -0.120. The van der Waals surface area contributed by atoms with Crippen LogP contribution >= 0.6 is 0 Å². The molecule has 9 atom stereocenters. The van der Waals surface area contributed by atoms with E-state index in [1.165, 1.54) is 19.3 Å². The summed E-state index contributed by atoms with van der Waals surface area (Å²) in [5.74, 6) is 2.57. The first-order valence-corrected chi connectivity index (χ1v) is 9.40. The molecule has 3 nitrogen and oxygen atoms in total. The van der Waals surface area contributed by atoms with E-state index in [0.717, 1.165) is 38.0 Å². The van der Waals surface area contributed by atoms with Crippen molar-refractivity contribution in [2.45, 2.75) is 83.5 Å². The van der Waals surface area contributed by atoms with Crippen molar-refractivity contribution in [1.29, 1.82) is 0 Å². The van der Waals surface area contributed by atoms with Crippen LogP contribution in [0.15, 0.2) is 0 Å². The fraction of sp³-hybridized carbons (Fsp3) is 1.00. The lowest BCUT2D eigenvalue weighted by molar-refractivity contribution is -0.135. The van der Waals surface area contributed by atoms with Crippen LogP contribution in [0.25, 0.3) is 0 Å². The molecule has 22 heavy (non-hydrogen) atoms. The average molecular weight is 308 g/mol. The number of hydrogen-bond donors (Lipinski definition) is 3. The van der Waals surface area contributed by atoms with Crippen LogP contribution in [0, 0.1) is 34.5 Å². The van der Waals surface area contributed by atoms with E-state index >= 15 is 0 Å². The molecular formula is C19H32O3. The third-order valence-corrected chi connectivity index (χ3v) is 8.61. The van der Waals surface area contributed by atoms with Gasteiger partial charge in [0, 0.05) is 0 Å². The van der Waals surface area contributed by atoms with Crippen molar-refractivity contribution in [3.05, 3.63) is 0 Å². The van der Waals surface area contributed by atoms with Gasteiger partial charge in [0.25, 0.3) is 0 Å². The monoisotopic (exact) mass is 308 g/mol. The Kier molecular flexibility index (Phi) is 3.46. The highest BCUT2D eigenvalue weighted by Crippen LogP contribution is 2.66. The minimum Gasteiger partial charge on any atom is -0.393 e. The molecular weight excluding hydrogens is 276 g/mol. The van der Waals surface area contributed by atoms with Crippen LogP contribution in [0.5, 0.6) is 0 Å². The Balaban J connectivity index is 1.63. The fourth-order valence-electron chi connectivity index (χ4n) is 7.22. The molecule has 0 spiro atoms. The maximum absolute atomic E-state index is 10.5. The molecule has 4 aliphatic carbocycles. The topological polar surface area (TPSA) is 60.7 Å². The summed E-state index contributed by atoms with van der Waals surface area (Å²) < 4.78 is 0. The second kappa shape index (κ2) is 4.94. The van der Waals surface area contributed by atoms with Gasteiger partial charge in [0.15, 0.2) is 0 Å². The lowest BCUT2D eigenvalue weighted by atomic mass is 9.45. The van der Waals surface area contributed by atoms with Crippen LogP contribution in [0.3, 0.4) is 0 Å². The second-order valence-electron chi connectivity index (χ2n) is 9.38. The zero-order valence-corrected chi connectivity index (χ0v) is 14.0. The lowest BCUT2D eigenvalue weighted by Crippen LogP contribution is -2.54. The molecule has 0 aromatic rings. The highest BCUT2D eigenvalue weighted by Gasteiger charge is 2.61. The average Bonchev–Trinajstić information content (AvgIpc) is 2.72. The molecule has 0 aromatic heterocycles. The fourth-order valence-corrected chi connectivity index (χ4v) is 7.22. The number of aliphatic hydroxyl groups is 3. The van der Waals surface area contributed by atoms with Crippen LogP contribution < -0.4 is 0 Å². The van der Waals surface area contributed by atoms with Crippen LogP contribution in [0.4, 0.5) is 0 Å². The summed E-state index contributed by atoms with van der Waals surface area (Å²) in [4.78, 5) is 0. The molecule has 3 heteroatoms. The molecule has 0 heterocycles. The van der Waals surface area contributed by atoms with E-state index in [1.807, 2.05) is 0 Å². The molecule has 4 saturated carbocycles. The molecule has 4 fully saturated rings. The van der Waals surface area contributed by atoms with E-state index in [1.54, 1.807) is 0 Å². The summed E-state index contributed by atoms with van der Waals surface area (Å²) in [6.45, 7) is 4.69. The predicted molar refractivity (Wildman–Crippen MR) is 85.1 cm³/mol. The van der Waals surface area contributed by atoms with Crippen molar-refractivity contribution in [3.63, 3.8) is 0 Å². The molecule has 126 valence electrons. The van der Waals surface area contributed by atoms with Crippen molar-refractivity contribution >= 4 is 0 Å². The lowest BCUT2D eigenvalue weighted by Gasteiger charge is -2.60. The molecule has 0 aromatic carbocycles. The van der Waals surface area contributed by atoms with Gasteiger partial charge in [-0.1, -0.05) is 13.8 Å². The Morgan fingerprint density at radius 3 is 2.27 bits per heavy atom. The van der Waals surface area contributed by atoms with Gasteiger partial charge in [-0.15, -0.1) is 0 Å². The second-order valence-corrected chi connectivity index (χ2v) is 9.38. The van der Waals surface area contributed by atoms with Crippen molar-refractivity contribution in [2.75, 3.05) is 0 Å². The molecule has 4 rings (SSSR count). The van der Waals surface area contributed by atoms with Gasteiger partial charge in [0.2, 0.25) is 0 Å². The maximum atomic E-state index is 10.5. The number of aliphatic hydroxyl groups excluding tert-OH is 3. The first-order valence-electron chi connectivity index (χ1n) is 9.40. The Morgan fingerprint density at radius 1 is 0.773 bits per heavy atom. The molecule has 4 aliphatic rings. The highest BCUT2D eigenvalue weighted by molar-refractivity contribution is 5.11. The van der Waals surface area contributed by atoms with Crippen molar-refractivity contribution < 1.29 is 15.3 Å². The van der Waals surface area contributed by atoms with Crippen LogP contribution in [-0.4, -0.2) is 33.6 Å². The molecule has 3 unspecified atom stereocenters. The van der Waals surface area contributed by atoms with Gasteiger partial charge < -0.3 is 15.3 Å². The molecule has 0 saturated heterocycles. The number of rotatable bonds is 0. The summed E-state index contributed by atoms with van der Waals surface area (Å²) in [7, 11) is 0. The Morgan fingerprint density at radius 2 is 1.50 bits per heavy atom. The van der Waals surface area contributed by atoms with Gasteiger partial charge in [-0.2, -0.15) is 0 Å². The van der Waals surface area contributed by atoms with Crippen LogP contribution in [-0.2, 0) is 0 Å². The number of hydrogen-bond acceptors (Lipinski definition) is 3. The molecule has 3 N–H and O–H groups in total. The minimum atomic E-state index is -0.530. The highest BCUT2D eigenvalue weighted by atomic mass is 16.3. The summed E-state index contributed by atoms with van der Waals surface area (Å²) in [6.07, 6.45) is 7.49. The van der Waals surface area contributed by atoms with Gasteiger partial charge in [-0.05, 0) is 85.9 Å². The zero-order chi connectivity index (χ0) is 15.7. The number of fused-ring (bicyclic) bond motifs is 5. The van der Waals surface area contributed by atoms with Gasteiger partial charge in [0.1, 0.15) is 0 Å². The molecule has 0 aliphatic heterocycles. The van der Waals surface area contributed by atoms with Crippen molar-refractivity contribution in [1.82, 2.24) is 0 Å². The van der Waals surface area contributed by atoms with E-state index in [9.17, 15) is 15.3 Å². The first kappa shape index (κ1) is 15.4. The van der Waals surface area contributed by atoms with Crippen LogP contribution in [0.1, 0.15) is 65.2 Å². The van der Waals surface area contributed by atoms with E-state index in [2.05, 4.69) is 13.8 Å². The van der Waals surface area contributed by atoms with Gasteiger partial charge in [0.05, 0.1) is 18.3 Å². The maximum Gasteiger partial charge on any atom is 0.0855 e. The zero-order valence-electron chi connectivity index (χ0n) is 14.0. The largest absolute Gasteiger partial charge is 0.393 e. The molecule has 0 radical (unpaired) electrons. The predicted octanol–water partition coefficient (Wildman–Crippen LogP) is 2.72. The van der Waals surface area contributed by atoms with E-state index in [0.29, 0.717) is 23.2 Å². The summed E-state index contributed by atoms with van der Waals surface area (Å²) in [5.41, 5.74) is 0.305. The Labute approximate surface area is 134 Å². The van der Waals surface area contributed by atoms with Gasteiger partial charge in [-0.25, -0.2) is 0 Å². The summed E-state index contributed by atoms with van der Waals surface area (Å²) in [6, 6.07) is 0. The van der Waals surface area contributed by atoms with E-state index in [4.69, 9.17) is 0 Å². The van der Waals surface area contributed by atoms with E-state index in [-0.39, 0.29) is 11.5 Å². The Bertz CT molecular complexity index is 452. The van der Waals surface area contributed by atoms with Crippen molar-refractivity contribution in [2.24, 2.45) is 34.5 Å². The van der Waals surface area contributed by atoms with Crippen molar-refractivity contribution in [3.8, 4) is 0 Å². The van der Waals surface area contributed by atoms with E-state index < -0.39 is 12.2 Å². The smallest absolute Gasteiger partial charge is 0.0855 e. The third-order valence-electron chi connectivity index (χ3n) is 8.61. The first-order chi connectivity index (χ1) is 10.4. The third kappa shape index (κ3) is 1.91. The van der Waals surface area contributed by atoms with Gasteiger partial charge in [-0.3, -0.25) is 0 Å². The summed E-state index contributed by atoms with van der Waals surface area (Å²) >= 11 is 0. The quantitative estimate of drug-likeness (QED) is 0.645. The standard InChI is InChI=1S/C19H32O3/c1-18-7-5-12(20)9-11(18)3-4-13-14(18)6-8-19(2)15(13)10-16(21)17(19)22/h11-17,20-22H,3-10H2,1-2H3/t11-,12+,13?,14?,15?,16+,17+,18-,19-/m0/s1. The SMILES string of the molecule is C[C@]12CCC3C(CC[C@H]4C[C@H](O)CC[C@]34C)C1C[C@@H](O)[C@H]2O. The minimum absolute atomic E-state index is 0.0715. The molecule has 0 amide bonds. The molecule has 0 bridgehead atoms. The normalized spacial score (nSPS) is 61.2. The van der Waals surface area contributed by atoms with Crippen LogP contribution in [0.2, 0.25) is 0 Å². The van der Waals surface area contributed by atoms with Gasteiger partial charge >= 0.3 is 0 Å². The summed E-state index contributed by atoms with van der Waals surface area (Å²) in [5, 5.41) is 30.8.